The molecule has 1 saturated heterocycles. The smallest absolute Gasteiger partial charge is 0.282 e. The van der Waals surface area contributed by atoms with Crippen LogP contribution in [0.4, 0.5) is 5.69 Å². The quantitative estimate of drug-likeness (QED) is 0.764. The summed E-state index contributed by atoms with van der Waals surface area (Å²) in [6.45, 7) is 4.93. The van der Waals surface area contributed by atoms with E-state index in [-0.39, 0.29) is 12.5 Å². The number of nitrogens with zero attached hydrogens (tertiary/aromatic N) is 2. The molecular formula is C17H27N3O3S2. The zero-order valence-corrected chi connectivity index (χ0v) is 16.9. The number of carbonyl (C=O) groups excluding carboxylic acids is 1. The number of para-hydroxylation sites is 1. The molecule has 140 valence electrons. The van der Waals surface area contributed by atoms with Gasteiger partial charge in [0, 0.05) is 25.0 Å². The van der Waals surface area contributed by atoms with Crippen LogP contribution >= 0.6 is 11.8 Å². The van der Waals surface area contributed by atoms with Gasteiger partial charge < -0.3 is 5.32 Å². The summed E-state index contributed by atoms with van der Waals surface area (Å²) in [5, 5.41) is 2.80. The Morgan fingerprint density at radius 1 is 1.28 bits per heavy atom. The van der Waals surface area contributed by atoms with E-state index in [1.165, 1.54) is 23.1 Å². The van der Waals surface area contributed by atoms with Crippen LogP contribution in [0.3, 0.4) is 0 Å². The van der Waals surface area contributed by atoms with Crippen LogP contribution in [0.2, 0.25) is 0 Å². The third kappa shape index (κ3) is 5.20. The highest BCUT2D eigenvalue weighted by Gasteiger charge is 2.33. The summed E-state index contributed by atoms with van der Waals surface area (Å²) in [5.74, 6) is 0.314. The molecule has 1 heterocycles. The molecule has 0 aliphatic carbocycles. The fourth-order valence-corrected chi connectivity index (χ4v) is 5.33. The number of hydrogen-bond donors (Lipinski definition) is 1. The van der Waals surface area contributed by atoms with E-state index < -0.39 is 10.2 Å². The van der Waals surface area contributed by atoms with Gasteiger partial charge >= 0.3 is 0 Å². The molecule has 0 unspecified atom stereocenters. The molecule has 0 saturated carbocycles. The van der Waals surface area contributed by atoms with Gasteiger partial charge in [0.1, 0.15) is 0 Å². The third-order valence-corrected chi connectivity index (χ3v) is 6.97. The average Bonchev–Trinajstić information content (AvgIpc) is 2.54. The fraction of sp³-hybridized carbons (Fsp3) is 0.588. The van der Waals surface area contributed by atoms with Gasteiger partial charge in [0.2, 0.25) is 5.91 Å². The zero-order chi connectivity index (χ0) is 18.6. The summed E-state index contributed by atoms with van der Waals surface area (Å²) < 4.78 is 28.1. The first kappa shape index (κ1) is 20.2. The third-order valence-electron chi connectivity index (χ3n) is 4.30. The Hall–Kier alpha value is -1.09. The topological polar surface area (TPSA) is 69.7 Å². The number of anilines is 1. The van der Waals surface area contributed by atoms with E-state index in [2.05, 4.69) is 19.2 Å². The Balaban J connectivity index is 2.02. The highest BCUT2D eigenvalue weighted by molar-refractivity contribution is 7.98. The van der Waals surface area contributed by atoms with Crippen LogP contribution in [-0.4, -0.2) is 55.9 Å². The minimum Gasteiger partial charge on any atom is -0.324 e. The van der Waals surface area contributed by atoms with Crippen LogP contribution in [0.1, 0.15) is 20.3 Å². The van der Waals surface area contributed by atoms with Crippen LogP contribution in [0.15, 0.2) is 29.2 Å². The first-order chi connectivity index (χ1) is 11.7. The zero-order valence-electron chi connectivity index (χ0n) is 15.2. The van der Waals surface area contributed by atoms with Crippen LogP contribution < -0.4 is 5.32 Å². The number of hydrogen-bond acceptors (Lipinski definition) is 4. The molecule has 1 aliphatic heterocycles. The first-order valence-electron chi connectivity index (χ1n) is 8.38. The predicted molar refractivity (Wildman–Crippen MR) is 103 cm³/mol. The predicted octanol–water partition coefficient (Wildman–Crippen LogP) is 2.50. The first-order valence-corrected chi connectivity index (χ1v) is 11.0. The van der Waals surface area contributed by atoms with Crippen LogP contribution in [0, 0.1) is 11.8 Å². The monoisotopic (exact) mass is 385 g/mol. The van der Waals surface area contributed by atoms with Crippen molar-refractivity contribution in [1.82, 2.24) is 8.61 Å². The molecule has 6 nitrogen and oxygen atoms in total. The largest absolute Gasteiger partial charge is 0.324 e. The van der Waals surface area contributed by atoms with E-state index in [0.717, 1.165) is 15.6 Å². The minimum atomic E-state index is -3.63. The summed E-state index contributed by atoms with van der Waals surface area (Å²) in [7, 11) is -2.17. The molecule has 0 spiro atoms. The normalized spacial score (nSPS) is 22.1. The molecule has 1 aromatic carbocycles. The van der Waals surface area contributed by atoms with E-state index in [4.69, 9.17) is 0 Å². The Morgan fingerprint density at radius 2 is 1.88 bits per heavy atom. The number of amides is 1. The number of likely N-dealkylation sites (N-methyl/N-ethyl adjacent to an activating group) is 1. The van der Waals surface area contributed by atoms with E-state index in [9.17, 15) is 13.2 Å². The summed E-state index contributed by atoms with van der Waals surface area (Å²) in [5.41, 5.74) is 0.700. The lowest BCUT2D eigenvalue weighted by Gasteiger charge is -2.36. The van der Waals surface area contributed by atoms with Gasteiger partial charge in [0.25, 0.3) is 10.2 Å². The SMILES string of the molecule is CSc1ccccc1NC(=O)CN(C)S(=O)(=O)N1C[C@@H](C)C[C@H](C)C1. The molecule has 2 rings (SSSR count). The molecule has 1 fully saturated rings. The summed E-state index contributed by atoms with van der Waals surface area (Å²) in [6, 6.07) is 7.46. The number of benzene rings is 1. The Morgan fingerprint density at radius 3 is 2.48 bits per heavy atom. The number of carbonyl (C=O) groups is 1. The van der Waals surface area contributed by atoms with Gasteiger partial charge in [-0.2, -0.15) is 17.0 Å². The summed E-state index contributed by atoms with van der Waals surface area (Å²) >= 11 is 1.53. The summed E-state index contributed by atoms with van der Waals surface area (Å²) in [4.78, 5) is 13.2. The van der Waals surface area contributed by atoms with Crippen molar-refractivity contribution in [2.45, 2.75) is 25.2 Å². The van der Waals surface area contributed by atoms with Crippen LogP contribution in [-0.2, 0) is 15.0 Å². The summed E-state index contributed by atoms with van der Waals surface area (Å²) in [6.07, 6.45) is 2.96. The van der Waals surface area contributed by atoms with E-state index in [1.54, 1.807) is 0 Å². The Bertz CT molecular complexity index is 699. The lowest BCUT2D eigenvalue weighted by Crippen LogP contribution is -2.49. The molecule has 2 atom stereocenters. The van der Waals surface area contributed by atoms with E-state index in [0.29, 0.717) is 30.6 Å². The second-order valence-electron chi connectivity index (χ2n) is 6.78. The van der Waals surface area contributed by atoms with Gasteiger partial charge in [-0.05, 0) is 36.6 Å². The average molecular weight is 386 g/mol. The van der Waals surface area contributed by atoms with Crippen molar-refractivity contribution < 1.29 is 13.2 Å². The molecule has 1 N–H and O–H groups in total. The van der Waals surface area contributed by atoms with Gasteiger partial charge in [-0.1, -0.05) is 26.0 Å². The van der Waals surface area contributed by atoms with Crippen molar-refractivity contribution in [3.8, 4) is 0 Å². The van der Waals surface area contributed by atoms with Gasteiger partial charge in [0.15, 0.2) is 0 Å². The van der Waals surface area contributed by atoms with Crippen molar-refractivity contribution in [1.29, 1.82) is 0 Å². The van der Waals surface area contributed by atoms with Crippen molar-refractivity contribution in [3.05, 3.63) is 24.3 Å². The highest BCUT2D eigenvalue weighted by Crippen LogP contribution is 2.26. The second-order valence-corrected chi connectivity index (χ2v) is 9.66. The number of rotatable bonds is 6. The molecular weight excluding hydrogens is 358 g/mol. The number of nitrogens with one attached hydrogen (secondary N) is 1. The molecule has 0 radical (unpaired) electrons. The lowest BCUT2D eigenvalue weighted by atomic mass is 9.94. The highest BCUT2D eigenvalue weighted by atomic mass is 32.2. The van der Waals surface area contributed by atoms with Gasteiger partial charge in [0.05, 0.1) is 12.2 Å². The van der Waals surface area contributed by atoms with Crippen molar-refractivity contribution in [3.63, 3.8) is 0 Å². The fourth-order valence-electron chi connectivity index (χ4n) is 3.21. The maximum absolute atomic E-state index is 12.8. The van der Waals surface area contributed by atoms with Crippen molar-refractivity contribution in [2.24, 2.45) is 11.8 Å². The van der Waals surface area contributed by atoms with Gasteiger partial charge in [-0.15, -0.1) is 11.8 Å². The molecule has 1 amide bonds. The van der Waals surface area contributed by atoms with E-state index >= 15 is 0 Å². The van der Waals surface area contributed by atoms with Crippen molar-refractivity contribution in [2.75, 3.05) is 38.3 Å². The molecule has 0 bridgehead atoms. The van der Waals surface area contributed by atoms with Crippen molar-refractivity contribution >= 4 is 33.6 Å². The molecule has 0 aromatic heterocycles. The van der Waals surface area contributed by atoms with E-state index in [1.807, 2.05) is 30.5 Å². The lowest BCUT2D eigenvalue weighted by molar-refractivity contribution is -0.116. The maximum atomic E-state index is 12.8. The van der Waals surface area contributed by atoms with Gasteiger partial charge in [-0.3, -0.25) is 4.79 Å². The number of piperidine rings is 1. The maximum Gasteiger partial charge on any atom is 0.282 e. The molecule has 1 aromatic rings. The minimum absolute atomic E-state index is 0.204. The molecule has 25 heavy (non-hydrogen) atoms. The second kappa shape index (κ2) is 8.53. The Kier molecular flexibility index (Phi) is 6.90. The molecule has 8 heteroatoms. The standard InChI is InChI=1S/C17H27N3O3S2/c1-13-9-14(2)11-20(10-13)25(22,23)19(3)12-17(21)18-15-7-5-6-8-16(15)24-4/h5-8,13-14H,9-12H2,1-4H3,(H,18,21)/t13-,14-/m0/s1. The van der Waals surface area contributed by atoms with Gasteiger partial charge in [-0.25, -0.2) is 0 Å². The van der Waals surface area contributed by atoms with Crippen LogP contribution in [0.25, 0.3) is 0 Å². The Labute approximate surface area is 155 Å². The van der Waals surface area contributed by atoms with Crippen LogP contribution in [0.5, 0.6) is 0 Å². The molecule has 1 aliphatic rings. The number of thioether (sulfide) groups is 1.